The van der Waals surface area contributed by atoms with Crippen LogP contribution in [0.3, 0.4) is 0 Å². The summed E-state index contributed by atoms with van der Waals surface area (Å²) in [4.78, 5) is 11.5. The van der Waals surface area contributed by atoms with Gasteiger partial charge in [-0.05, 0) is 25.2 Å². The van der Waals surface area contributed by atoms with Crippen LogP contribution in [0.5, 0.6) is 0 Å². The van der Waals surface area contributed by atoms with Crippen LogP contribution in [0.15, 0.2) is 22.7 Å². The molecule has 1 aromatic rings. The fraction of sp³-hybridized carbons (Fsp3) is 0.300. The van der Waals surface area contributed by atoms with Crippen LogP contribution >= 0.6 is 28.3 Å². The third-order valence-corrected chi connectivity index (χ3v) is 2.33. The van der Waals surface area contributed by atoms with E-state index in [9.17, 15) is 9.18 Å². The molecule has 0 fully saturated rings. The highest BCUT2D eigenvalue weighted by molar-refractivity contribution is 9.10. The van der Waals surface area contributed by atoms with Crippen LogP contribution in [-0.4, -0.2) is 26.0 Å². The first-order chi connectivity index (χ1) is 7.15. The van der Waals surface area contributed by atoms with E-state index >= 15 is 0 Å². The smallest absolute Gasteiger partial charge is 0.254 e. The number of carbonyl (C=O) groups excluding carboxylic acids is 1. The fourth-order valence-corrected chi connectivity index (χ4v) is 1.40. The lowest BCUT2D eigenvalue weighted by Gasteiger charge is -2.05. The molecule has 0 aromatic heterocycles. The molecule has 0 spiro atoms. The van der Waals surface area contributed by atoms with E-state index in [4.69, 9.17) is 0 Å². The van der Waals surface area contributed by atoms with E-state index in [1.54, 1.807) is 13.1 Å². The van der Waals surface area contributed by atoms with Gasteiger partial charge in [0, 0.05) is 17.6 Å². The van der Waals surface area contributed by atoms with Gasteiger partial charge < -0.3 is 10.6 Å². The predicted molar refractivity (Wildman–Crippen MR) is 67.6 cm³/mol. The van der Waals surface area contributed by atoms with E-state index in [0.29, 0.717) is 17.6 Å². The van der Waals surface area contributed by atoms with Gasteiger partial charge >= 0.3 is 0 Å². The van der Waals surface area contributed by atoms with Gasteiger partial charge in [-0.2, -0.15) is 0 Å². The molecule has 0 aliphatic heterocycles. The van der Waals surface area contributed by atoms with E-state index in [0.717, 1.165) is 0 Å². The van der Waals surface area contributed by atoms with Gasteiger partial charge in [0.1, 0.15) is 5.82 Å². The first-order valence-electron chi connectivity index (χ1n) is 4.53. The number of hydrogen-bond donors (Lipinski definition) is 2. The third kappa shape index (κ3) is 4.47. The molecule has 0 bridgehead atoms. The van der Waals surface area contributed by atoms with Crippen LogP contribution in [0.25, 0.3) is 0 Å². The molecule has 1 amide bonds. The van der Waals surface area contributed by atoms with Gasteiger partial charge in [0.15, 0.2) is 0 Å². The van der Waals surface area contributed by atoms with E-state index < -0.39 is 11.7 Å². The topological polar surface area (TPSA) is 41.1 Å². The molecule has 2 N–H and O–H groups in total. The first-order valence-corrected chi connectivity index (χ1v) is 5.32. The highest BCUT2D eigenvalue weighted by Crippen LogP contribution is 2.14. The van der Waals surface area contributed by atoms with Crippen molar-refractivity contribution < 1.29 is 9.18 Å². The van der Waals surface area contributed by atoms with Crippen molar-refractivity contribution in [3.05, 3.63) is 34.1 Å². The third-order valence-electron chi connectivity index (χ3n) is 1.84. The van der Waals surface area contributed by atoms with Gasteiger partial charge in [0.25, 0.3) is 5.91 Å². The van der Waals surface area contributed by atoms with E-state index in [1.165, 1.54) is 12.1 Å². The minimum Gasteiger partial charge on any atom is -0.351 e. The van der Waals surface area contributed by atoms with Gasteiger partial charge in [0.05, 0.1) is 5.56 Å². The molecule has 1 rings (SSSR count). The summed E-state index contributed by atoms with van der Waals surface area (Å²) in [5.41, 5.74) is 0.0642. The van der Waals surface area contributed by atoms with Crippen LogP contribution in [0.4, 0.5) is 4.39 Å². The Bertz CT molecular complexity index is 363. The molecular weight excluding hydrogens is 298 g/mol. The largest absolute Gasteiger partial charge is 0.351 e. The Hall–Kier alpha value is -0.650. The zero-order valence-corrected chi connectivity index (χ0v) is 11.1. The second-order valence-electron chi connectivity index (χ2n) is 2.98. The molecule has 0 aliphatic carbocycles. The normalized spacial score (nSPS) is 9.44. The highest BCUT2D eigenvalue weighted by Gasteiger charge is 2.10. The van der Waals surface area contributed by atoms with Crippen molar-refractivity contribution >= 4 is 34.2 Å². The number of halogens is 3. The molecular formula is C10H13BrClFN2O. The molecule has 3 nitrogen and oxygen atoms in total. The fourth-order valence-electron chi connectivity index (χ4n) is 1.07. The summed E-state index contributed by atoms with van der Waals surface area (Å²) >= 11 is 3.13. The Balaban J connectivity index is 0.00000225. The monoisotopic (exact) mass is 310 g/mol. The van der Waals surface area contributed by atoms with Crippen molar-refractivity contribution in [3.8, 4) is 0 Å². The quantitative estimate of drug-likeness (QED) is 0.835. The van der Waals surface area contributed by atoms with Crippen LogP contribution < -0.4 is 10.6 Å². The molecule has 0 heterocycles. The van der Waals surface area contributed by atoms with Crippen LogP contribution in [-0.2, 0) is 0 Å². The van der Waals surface area contributed by atoms with Gasteiger partial charge in [-0.1, -0.05) is 15.9 Å². The summed E-state index contributed by atoms with van der Waals surface area (Å²) in [7, 11) is 1.78. The maximum absolute atomic E-state index is 13.3. The Morgan fingerprint density at radius 3 is 2.69 bits per heavy atom. The standard InChI is InChI=1S/C10H12BrFN2O.ClH/c1-13-4-5-14-10(15)8-3-2-7(11)6-9(8)12;/h2-3,6,13H,4-5H2,1H3,(H,14,15);1H. The van der Waals surface area contributed by atoms with Crippen LogP contribution in [0, 0.1) is 5.82 Å². The lowest BCUT2D eigenvalue weighted by molar-refractivity contribution is 0.0950. The molecule has 0 atom stereocenters. The zero-order valence-electron chi connectivity index (χ0n) is 8.72. The van der Waals surface area contributed by atoms with Crippen molar-refractivity contribution in [2.24, 2.45) is 0 Å². The van der Waals surface area contributed by atoms with Gasteiger partial charge in [-0.15, -0.1) is 12.4 Å². The summed E-state index contributed by atoms with van der Waals surface area (Å²) in [6, 6.07) is 4.36. The number of hydrogen-bond acceptors (Lipinski definition) is 2. The average Bonchev–Trinajstić information content (AvgIpc) is 2.17. The van der Waals surface area contributed by atoms with Crippen molar-refractivity contribution in [1.29, 1.82) is 0 Å². The molecule has 0 radical (unpaired) electrons. The summed E-state index contributed by atoms with van der Waals surface area (Å²) < 4.78 is 13.9. The van der Waals surface area contributed by atoms with Crippen molar-refractivity contribution in [3.63, 3.8) is 0 Å². The van der Waals surface area contributed by atoms with Crippen molar-refractivity contribution in [2.45, 2.75) is 0 Å². The number of likely N-dealkylation sites (N-methyl/N-ethyl adjacent to an activating group) is 1. The molecule has 90 valence electrons. The minimum absolute atomic E-state index is 0. The molecule has 16 heavy (non-hydrogen) atoms. The second-order valence-corrected chi connectivity index (χ2v) is 3.90. The van der Waals surface area contributed by atoms with Crippen molar-refractivity contribution in [1.82, 2.24) is 10.6 Å². The Morgan fingerprint density at radius 1 is 1.44 bits per heavy atom. The predicted octanol–water partition coefficient (Wildman–Crippen LogP) is 1.96. The van der Waals surface area contributed by atoms with Crippen molar-refractivity contribution in [2.75, 3.05) is 20.1 Å². The van der Waals surface area contributed by atoms with E-state index in [2.05, 4.69) is 26.6 Å². The molecule has 0 saturated carbocycles. The molecule has 0 saturated heterocycles. The van der Waals surface area contributed by atoms with Crippen LogP contribution in [0.2, 0.25) is 0 Å². The minimum atomic E-state index is -0.522. The summed E-state index contributed by atoms with van der Waals surface area (Å²) in [5, 5.41) is 5.49. The second kappa shape index (κ2) is 7.60. The molecule has 0 aliphatic rings. The van der Waals surface area contributed by atoms with Gasteiger partial charge in [0.2, 0.25) is 0 Å². The number of amides is 1. The number of benzene rings is 1. The summed E-state index contributed by atoms with van der Waals surface area (Å²) in [6.45, 7) is 1.13. The maximum atomic E-state index is 13.3. The van der Waals surface area contributed by atoms with Gasteiger partial charge in [-0.3, -0.25) is 4.79 Å². The molecule has 0 unspecified atom stereocenters. The highest BCUT2D eigenvalue weighted by atomic mass is 79.9. The number of rotatable bonds is 4. The summed E-state index contributed by atoms with van der Waals surface area (Å²) in [5.74, 6) is -0.915. The number of nitrogens with one attached hydrogen (secondary N) is 2. The lowest BCUT2D eigenvalue weighted by Crippen LogP contribution is -2.30. The van der Waals surface area contributed by atoms with E-state index in [1.807, 2.05) is 0 Å². The SMILES string of the molecule is CNCCNC(=O)c1ccc(Br)cc1F.Cl. The van der Waals surface area contributed by atoms with Gasteiger partial charge in [-0.25, -0.2) is 4.39 Å². The Morgan fingerprint density at radius 2 is 2.12 bits per heavy atom. The average molecular weight is 312 g/mol. The first kappa shape index (κ1) is 15.3. The number of carbonyl (C=O) groups is 1. The Labute approximate surface area is 108 Å². The molecule has 1 aromatic carbocycles. The summed E-state index contributed by atoms with van der Waals surface area (Å²) in [6.07, 6.45) is 0. The lowest BCUT2D eigenvalue weighted by atomic mass is 10.2. The molecule has 6 heteroatoms. The van der Waals surface area contributed by atoms with Crippen LogP contribution in [0.1, 0.15) is 10.4 Å². The Kier molecular flexibility index (Phi) is 7.29. The maximum Gasteiger partial charge on any atom is 0.254 e. The zero-order chi connectivity index (χ0) is 11.3. The van der Waals surface area contributed by atoms with E-state index in [-0.39, 0.29) is 18.0 Å².